The summed E-state index contributed by atoms with van der Waals surface area (Å²) in [4.78, 5) is 6.71. The fourth-order valence-corrected chi connectivity index (χ4v) is 3.69. The van der Waals surface area contributed by atoms with Gasteiger partial charge >= 0.3 is 0 Å². The van der Waals surface area contributed by atoms with Gasteiger partial charge in [0.1, 0.15) is 5.76 Å². The first-order valence-electron chi connectivity index (χ1n) is 9.46. The number of guanidine groups is 1. The average Bonchev–Trinajstić information content (AvgIpc) is 3.25. The Morgan fingerprint density at radius 3 is 2.89 bits per heavy atom. The number of hydrogen-bond donors (Lipinski definition) is 2. The van der Waals surface area contributed by atoms with Gasteiger partial charge in [0, 0.05) is 49.0 Å². The third-order valence-electron chi connectivity index (χ3n) is 5.00. The molecule has 1 unspecified atom stereocenters. The van der Waals surface area contributed by atoms with Crippen molar-refractivity contribution in [1.82, 2.24) is 15.8 Å². The topological polar surface area (TPSA) is 65.7 Å². The Hall–Kier alpha value is -1.48. The van der Waals surface area contributed by atoms with Crippen LogP contribution in [0.3, 0.4) is 0 Å². The Bertz CT molecular complexity index is 775. The summed E-state index contributed by atoms with van der Waals surface area (Å²) in [5, 5.41) is 11.7. The van der Waals surface area contributed by atoms with Crippen LogP contribution in [0.5, 0.6) is 0 Å². The van der Waals surface area contributed by atoms with Gasteiger partial charge in [-0.05, 0) is 51.3 Å². The van der Waals surface area contributed by atoms with Crippen molar-refractivity contribution < 1.29 is 4.52 Å². The van der Waals surface area contributed by atoms with E-state index in [4.69, 9.17) is 16.1 Å². The maximum Gasteiger partial charge on any atom is 0.191 e. The smallest absolute Gasteiger partial charge is 0.191 e. The van der Waals surface area contributed by atoms with Gasteiger partial charge in [-0.1, -0.05) is 22.8 Å². The number of halogens is 2. The van der Waals surface area contributed by atoms with Crippen LogP contribution in [-0.2, 0) is 6.42 Å². The second kappa shape index (κ2) is 10.9. The number of aromatic nitrogens is 1. The first-order chi connectivity index (χ1) is 13.1. The standard InChI is InChI=1S/C20H28ClN5O.HI/c1-14-19(15(2)27-25-14)8-5-10-23-20(22-3)24-17-9-11-26(13-17)18-7-4-6-16(21)12-18;/h4,6-7,12,17H,5,8-11,13H2,1-3H3,(H2,22,23,24);1H. The predicted octanol–water partition coefficient (Wildman–Crippen LogP) is 3.94. The second-order valence-corrected chi connectivity index (χ2v) is 7.40. The minimum atomic E-state index is 0. The number of anilines is 1. The van der Waals surface area contributed by atoms with E-state index in [1.165, 1.54) is 11.3 Å². The van der Waals surface area contributed by atoms with Crippen molar-refractivity contribution in [2.45, 2.75) is 39.2 Å². The normalized spacial score (nSPS) is 16.8. The summed E-state index contributed by atoms with van der Waals surface area (Å²) in [7, 11) is 1.81. The molecule has 2 heterocycles. The van der Waals surface area contributed by atoms with Crippen molar-refractivity contribution in [1.29, 1.82) is 0 Å². The Balaban J connectivity index is 0.00000280. The molecule has 0 radical (unpaired) electrons. The summed E-state index contributed by atoms with van der Waals surface area (Å²) in [6.07, 6.45) is 3.03. The summed E-state index contributed by atoms with van der Waals surface area (Å²) in [6, 6.07) is 8.41. The molecule has 1 aliphatic rings. The average molecular weight is 518 g/mol. The second-order valence-electron chi connectivity index (χ2n) is 6.96. The molecule has 0 aliphatic carbocycles. The van der Waals surface area contributed by atoms with Crippen LogP contribution in [0.25, 0.3) is 0 Å². The van der Waals surface area contributed by atoms with Crippen LogP contribution in [0, 0.1) is 13.8 Å². The SMILES string of the molecule is CN=C(NCCCc1c(C)noc1C)NC1CCN(c2cccc(Cl)c2)C1.I. The number of benzene rings is 1. The first-order valence-corrected chi connectivity index (χ1v) is 9.84. The quantitative estimate of drug-likeness (QED) is 0.263. The zero-order chi connectivity index (χ0) is 19.2. The van der Waals surface area contributed by atoms with E-state index in [2.05, 4.69) is 31.7 Å². The minimum Gasteiger partial charge on any atom is -0.369 e. The third kappa shape index (κ3) is 6.01. The summed E-state index contributed by atoms with van der Waals surface area (Å²) >= 11 is 6.11. The van der Waals surface area contributed by atoms with Gasteiger partial charge in [0.25, 0.3) is 0 Å². The van der Waals surface area contributed by atoms with Crippen LogP contribution in [-0.4, -0.2) is 43.8 Å². The molecule has 0 saturated carbocycles. The van der Waals surface area contributed by atoms with E-state index in [1.807, 2.05) is 39.1 Å². The van der Waals surface area contributed by atoms with Crippen LogP contribution >= 0.6 is 35.6 Å². The van der Waals surface area contributed by atoms with Gasteiger partial charge in [0.05, 0.1) is 5.69 Å². The van der Waals surface area contributed by atoms with Crippen LogP contribution in [0.2, 0.25) is 5.02 Å². The molecule has 6 nitrogen and oxygen atoms in total. The molecule has 1 aromatic carbocycles. The molecule has 2 N–H and O–H groups in total. The molecule has 0 spiro atoms. The van der Waals surface area contributed by atoms with Gasteiger partial charge in [-0.3, -0.25) is 4.99 Å². The number of rotatable bonds is 6. The van der Waals surface area contributed by atoms with Crippen LogP contribution in [0.4, 0.5) is 5.69 Å². The lowest BCUT2D eigenvalue weighted by atomic mass is 10.1. The van der Waals surface area contributed by atoms with E-state index in [-0.39, 0.29) is 24.0 Å². The van der Waals surface area contributed by atoms with Gasteiger partial charge in [-0.25, -0.2) is 0 Å². The lowest BCUT2D eigenvalue weighted by Crippen LogP contribution is -2.44. The highest BCUT2D eigenvalue weighted by molar-refractivity contribution is 14.0. The van der Waals surface area contributed by atoms with Crippen molar-refractivity contribution in [3.63, 3.8) is 0 Å². The highest BCUT2D eigenvalue weighted by atomic mass is 127. The monoisotopic (exact) mass is 517 g/mol. The molecular formula is C20H29ClIN5O. The van der Waals surface area contributed by atoms with E-state index in [9.17, 15) is 0 Å². The van der Waals surface area contributed by atoms with E-state index < -0.39 is 0 Å². The number of nitrogens with one attached hydrogen (secondary N) is 2. The fraction of sp³-hybridized carbons (Fsp3) is 0.500. The first kappa shape index (κ1) is 22.8. The summed E-state index contributed by atoms with van der Waals surface area (Å²) < 4.78 is 5.22. The molecule has 3 rings (SSSR count). The van der Waals surface area contributed by atoms with Crippen molar-refractivity contribution in [2.75, 3.05) is 31.6 Å². The fourth-order valence-electron chi connectivity index (χ4n) is 3.50. The summed E-state index contributed by atoms with van der Waals surface area (Å²) in [5.74, 6) is 1.77. The molecule has 1 saturated heterocycles. The summed E-state index contributed by atoms with van der Waals surface area (Å²) in [6.45, 7) is 6.77. The zero-order valence-electron chi connectivity index (χ0n) is 16.7. The van der Waals surface area contributed by atoms with Gasteiger partial charge in [0.2, 0.25) is 0 Å². The molecule has 2 aromatic rings. The molecule has 154 valence electrons. The minimum absolute atomic E-state index is 0. The van der Waals surface area contributed by atoms with E-state index in [0.29, 0.717) is 6.04 Å². The molecule has 8 heteroatoms. The Kier molecular flexibility index (Phi) is 8.88. The molecule has 1 aliphatic heterocycles. The number of nitrogens with zero attached hydrogens (tertiary/aromatic N) is 3. The Labute approximate surface area is 189 Å². The van der Waals surface area contributed by atoms with Gasteiger partial charge in [0.15, 0.2) is 5.96 Å². The van der Waals surface area contributed by atoms with Crippen molar-refractivity contribution >= 4 is 47.2 Å². The lowest BCUT2D eigenvalue weighted by Gasteiger charge is -2.20. The Morgan fingerprint density at radius 1 is 1.39 bits per heavy atom. The maximum atomic E-state index is 6.11. The predicted molar refractivity (Wildman–Crippen MR) is 126 cm³/mol. The molecule has 0 amide bonds. The van der Waals surface area contributed by atoms with E-state index in [0.717, 1.165) is 61.3 Å². The molecule has 28 heavy (non-hydrogen) atoms. The lowest BCUT2D eigenvalue weighted by molar-refractivity contribution is 0.392. The van der Waals surface area contributed by atoms with Gasteiger partial charge in [-0.2, -0.15) is 0 Å². The van der Waals surface area contributed by atoms with Crippen LogP contribution in [0.15, 0.2) is 33.8 Å². The van der Waals surface area contributed by atoms with Crippen LogP contribution in [0.1, 0.15) is 29.9 Å². The molecule has 0 bridgehead atoms. The van der Waals surface area contributed by atoms with Crippen molar-refractivity contribution in [3.05, 3.63) is 46.3 Å². The number of aliphatic imine (C=N–C) groups is 1. The largest absolute Gasteiger partial charge is 0.369 e. The van der Waals surface area contributed by atoms with Gasteiger partial charge < -0.3 is 20.1 Å². The Morgan fingerprint density at radius 2 is 2.21 bits per heavy atom. The van der Waals surface area contributed by atoms with Gasteiger partial charge in [-0.15, -0.1) is 24.0 Å². The molecular weight excluding hydrogens is 489 g/mol. The van der Waals surface area contributed by atoms with Crippen molar-refractivity contribution in [3.8, 4) is 0 Å². The number of aryl methyl sites for hydroxylation is 2. The number of hydrogen-bond acceptors (Lipinski definition) is 4. The maximum absolute atomic E-state index is 6.11. The van der Waals surface area contributed by atoms with E-state index >= 15 is 0 Å². The van der Waals surface area contributed by atoms with Crippen LogP contribution < -0.4 is 15.5 Å². The van der Waals surface area contributed by atoms with Crippen molar-refractivity contribution in [2.24, 2.45) is 4.99 Å². The highest BCUT2D eigenvalue weighted by Gasteiger charge is 2.23. The molecule has 1 fully saturated rings. The highest BCUT2D eigenvalue weighted by Crippen LogP contribution is 2.23. The third-order valence-corrected chi connectivity index (χ3v) is 5.24. The molecule has 1 aromatic heterocycles. The summed E-state index contributed by atoms with van der Waals surface area (Å²) in [5.41, 5.74) is 3.38. The zero-order valence-corrected chi connectivity index (χ0v) is 19.8. The molecule has 1 atom stereocenters. The van der Waals surface area contributed by atoms with E-state index in [1.54, 1.807) is 0 Å².